The van der Waals surface area contributed by atoms with Crippen LogP contribution in [-0.2, 0) is 9.59 Å². The van der Waals surface area contributed by atoms with Gasteiger partial charge in [0, 0.05) is 44.5 Å². The number of halogens is 3. The van der Waals surface area contributed by atoms with Crippen molar-refractivity contribution in [3.63, 3.8) is 0 Å². The van der Waals surface area contributed by atoms with Gasteiger partial charge in [-0.1, -0.05) is 6.92 Å². The van der Waals surface area contributed by atoms with Crippen molar-refractivity contribution in [3.05, 3.63) is 24.3 Å². The van der Waals surface area contributed by atoms with E-state index in [1.165, 1.54) is 18.6 Å². The van der Waals surface area contributed by atoms with Gasteiger partial charge in [0.25, 0.3) is 0 Å². The zero-order valence-corrected chi connectivity index (χ0v) is 19.2. The predicted octanol–water partition coefficient (Wildman–Crippen LogP) is 3.32. The first-order chi connectivity index (χ1) is 15.7. The molecule has 2 fully saturated rings. The molecule has 10 heteroatoms. The summed E-state index contributed by atoms with van der Waals surface area (Å²) in [4.78, 5) is 31.7. The predicted molar refractivity (Wildman–Crippen MR) is 119 cm³/mol. The molecule has 1 aromatic rings. The third-order valence-corrected chi connectivity index (χ3v) is 6.43. The number of piperazine rings is 1. The van der Waals surface area contributed by atoms with Gasteiger partial charge in [-0.05, 0) is 56.9 Å². The lowest BCUT2D eigenvalue weighted by Crippen LogP contribution is -2.57. The number of hydrogen-bond donors (Lipinski definition) is 1. The van der Waals surface area contributed by atoms with Crippen LogP contribution in [-0.4, -0.2) is 84.2 Å². The molecule has 2 atom stereocenters. The van der Waals surface area contributed by atoms with Gasteiger partial charge >= 0.3 is 6.36 Å². The first-order valence-corrected chi connectivity index (χ1v) is 11.6. The van der Waals surface area contributed by atoms with E-state index in [0.29, 0.717) is 37.9 Å². The van der Waals surface area contributed by atoms with Gasteiger partial charge in [-0.2, -0.15) is 0 Å². The van der Waals surface area contributed by atoms with Gasteiger partial charge in [-0.3, -0.25) is 19.4 Å². The second kappa shape index (κ2) is 11.2. The second-order valence-corrected chi connectivity index (χ2v) is 8.70. The van der Waals surface area contributed by atoms with Crippen LogP contribution < -0.4 is 10.1 Å². The van der Waals surface area contributed by atoms with Crippen molar-refractivity contribution >= 4 is 17.5 Å². The summed E-state index contributed by atoms with van der Waals surface area (Å²) in [5.74, 6) is -0.378. The number of ether oxygens (including phenoxy) is 1. The Bertz CT molecular complexity index is 795. The average molecular weight is 471 g/mol. The van der Waals surface area contributed by atoms with Crippen LogP contribution in [0.3, 0.4) is 0 Å². The third kappa shape index (κ3) is 7.33. The second-order valence-electron chi connectivity index (χ2n) is 8.70. The number of anilines is 1. The van der Waals surface area contributed by atoms with Crippen LogP contribution in [0.4, 0.5) is 18.9 Å². The topological polar surface area (TPSA) is 65.1 Å². The lowest BCUT2D eigenvalue weighted by atomic mass is 9.99. The van der Waals surface area contributed by atoms with Crippen LogP contribution in [0.25, 0.3) is 0 Å². The highest BCUT2D eigenvalue weighted by Crippen LogP contribution is 2.24. The summed E-state index contributed by atoms with van der Waals surface area (Å²) in [5.41, 5.74) is 0.402. The number of likely N-dealkylation sites (tertiary alicyclic amines) is 1. The summed E-state index contributed by atoms with van der Waals surface area (Å²) in [6, 6.07) is 5.22. The van der Waals surface area contributed by atoms with Gasteiger partial charge in [0.2, 0.25) is 11.8 Å². The maximum atomic E-state index is 13.1. The van der Waals surface area contributed by atoms with Gasteiger partial charge < -0.3 is 15.0 Å². The van der Waals surface area contributed by atoms with Crippen molar-refractivity contribution in [1.29, 1.82) is 0 Å². The number of amides is 2. The van der Waals surface area contributed by atoms with E-state index in [1.807, 2.05) is 11.8 Å². The Morgan fingerprint density at radius 2 is 1.76 bits per heavy atom. The number of piperidine rings is 1. The van der Waals surface area contributed by atoms with E-state index in [-0.39, 0.29) is 30.2 Å². The normalized spacial score (nSPS) is 21.5. The molecule has 33 heavy (non-hydrogen) atoms. The highest BCUT2D eigenvalue weighted by atomic mass is 19.4. The molecule has 0 saturated carbocycles. The lowest BCUT2D eigenvalue weighted by molar-refractivity contribution is -0.274. The fourth-order valence-corrected chi connectivity index (χ4v) is 4.56. The van der Waals surface area contributed by atoms with Crippen LogP contribution in [0, 0.1) is 0 Å². The minimum atomic E-state index is -4.75. The Hall–Kier alpha value is -2.33. The lowest BCUT2D eigenvalue weighted by Gasteiger charge is -2.42. The van der Waals surface area contributed by atoms with Gasteiger partial charge in [-0.25, -0.2) is 0 Å². The van der Waals surface area contributed by atoms with E-state index in [9.17, 15) is 22.8 Å². The molecule has 2 aliphatic heterocycles. The maximum absolute atomic E-state index is 13.1. The van der Waals surface area contributed by atoms with E-state index < -0.39 is 6.36 Å². The van der Waals surface area contributed by atoms with E-state index in [4.69, 9.17) is 0 Å². The molecule has 0 bridgehead atoms. The highest BCUT2D eigenvalue weighted by molar-refractivity contribution is 5.92. The number of hydrogen-bond acceptors (Lipinski definition) is 5. The summed E-state index contributed by atoms with van der Waals surface area (Å²) in [5, 5.41) is 2.69. The molecule has 2 heterocycles. The molecule has 3 rings (SSSR count). The highest BCUT2D eigenvalue weighted by Gasteiger charge is 2.33. The van der Waals surface area contributed by atoms with Crippen LogP contribution in [0.15, 0.2) is 24.3 Å². The Kier molecular flexibility index (Phi) is 8.58. The Balaban J connectivity index is 1.43. The number of benzene rings is 1. The SMILES string of the molecule is CC[C@@H]1CCCCN1C(=O)[C@H](C)N1CCN(CC(=O)Nc2ccc(OC(F)(F)F)cc2)CC1. The van der Waals surface area contributed by atoms with Crippen molar-refractivity contribution in [2.45, 2.75) is 58.0 Å². The minimum absolute atomic E-state index is 0.175. The van der Waals surface area contributed by atoms with Crippen molar-refractivity contribution < 1.29 is 27.5 Å². The Morgan fingerprint density at radius 3 is 2.36 bits per heavy atom. The monoisotopic (exact) mass is 470 g/mol. The fraction of sp³-hybridized carbons (Fsp3) is 0.652. The summed E-state index contributed by atoms with van der Waals surface area (Å²) in [6.45, 7) is 7.86. The zero-order valence-electron chi connectivity index (χ0n) is 19.2. The van der Waals surface area contributed by atoms with Crippen LogP contribution in [0.5, 0.6) is 5.75 Å². The molecular formula is C23H33F3N4O3. The minimum Gasteiger partial charge on any atom is -0.406 e. The molecule has 1 aromatic carbocycles. The number of alkyl halides is 3. The molecule has 7 nitrogen and oxygen atoms in total. The maximum Gasteiger partial charge on any atom is 0.573 e. The van der Waals surface area contributed by atoms with E-state index in [0.717, 1.165) is 37.9 Å². The van der Waals surface area contributed by atoms with E-state index in [2.05, 4.69) is 26.8 Å². The van der Waals surface area contributed by atoms with Gasteiger partial charge in [-0.15, -0.1) is 13.2 Å². The van der Waals surface area contributed by atoms with Crippen LogP contribution in [0.2, 0.25) is 0 Å². The zero-order chi connectivity index (χ0) is 24.0. The molecule has 0 spiro atoms. The van der Waals surface area contributed by atoms with Crippen LogP contribution in [0.1, 0.15) is 39.5 Å². The molecule has 0 unspecified atom stereocenters. The quantitative estimate of drug-likeness (QED) is 0.663. The van der Waals surface area contributed by atoms with Crippen molar-refractivity contribution in [1.82, 2.24) is 14.7 Å². The molecular weight excluding hydrogens is 437 g/mol. The molecule has 184 valence electrons. The Morgan fingerprint density at radius 1 is 1.09 bits per heavy atom. The smallest absolute Gasteiger partial charge is 0.406 e. The first-order valence-electron chi connectivity index (χ1n) is 11.6. The summed E-state index contributed by atoms with van der Waals surface area (Å²) >= 11 is 0. The molecule has 2 aliphatic rings. The number of nitrogens with zero attached hydrogens (tertiary/aromatic N) is 3. The van der Waals surface area contributed by atoms with E-state index in [1.54, 1.807) is 0 Å². The number of nitrogens with one attached hydrogen (secondary N) is 1. The summed E-state index contributed by atoms with van der Waals surface area (Å²) in [7, 11) is 0. The van der Waals surface area contributed by atoms with Gasteiger partial charge in [0.05, 0.1) is 12.6 Å². The fourth-order valence-electron chi connectivity index (χ4n) is 4.56. The van der Waals surface area contributed by atoms with Crippen LogP contribution >= 0.6 is 0 Å². The van der Waals surface area contributed by atoms with Crippen molar-refractivity contribution in [2.75, 3.05) is 44.6 Å². The largest absolute Gasteiger partial charge is 0.573 e. The molecule has 2 amide bonds. The first kappa shape index (κ1) is 25.3. The van der Waals surface area contributed by atoms with Gasteiger partial charge in [0.15, 0.2) is 0 Å². The standard InChI is InChI=1S/C23H33F3N4O3/c1-3-19-6-4-5-11-30(19)22(32)17(2)29-14-12-28(13-15-29)16-21(31)27-18-7-9-20(10-8-18)33-23(24,25)26/h7-10,17,19H,3-6,11-16H2,1-2H3,(H,27,31)/t17-,19+/m0/s1. The molecule has 0 aromatic heterocycles. The number of carbonyl (C=O) groups is 2. The summed E-state index contributed by atoms with van der Waals surface area (Å²) < 4.78 is 40.5. The number of rotatable bonds is 7. The van der Waals surface area contributed by atoms with Crippen molar-refractivity contribution in [3.8, 4) is 5.75 Å². The number of carbonyl (C=O) groups excluding carboxylic acids is 2. The molecule has 2 saturated heterocycles. The molecule has 0 radical (unpaired) electrons. The molecule has 1 N–H and O–H groups in total. The van der Waals surface area contributed by atoms with E-state index >= 15 is 0 Å². The Labute approximate surface area is 192 Å². The summed E-state index contributed by atoms with van der Waals surface area (Å²) in [6.07, 6.45) is -0.436. The molecule has 0 aliphatic carbocycles. The van der Waals surface area contributed by atoms with Crippen molar-refractivity contribution in [2.24, 2.45) is 0 Å². The van der Waals surface area contributed by atoms with Gasteiger partial charge in [0.1, 0.15) is 5.75 Å². The third-order valence-electron chi connectivity index (χ3n) is 6.43. The average Bonchev–Trinajstić information content (AvgIpc) is 2.79.